The van der Waals surface area contributed by atoms with Crippen LogP contribution >= 0.6 is 11.8 Å². The molecule has 2 heterocycles. The number of hydrogen-bond donors (Lipinski definition) is 5. The van der Waals surface area contributed by atoms with E-state index < -0.39 is 88.7 Å². The van der Waals surface area contributed by atoms with Crippen LogP contribution in [0.25, 0.3) is 0 Å². The molecule has 1 aromatic carbocycles. The summed E-state index contributed by atoms with van der Waals surface area (Å²) in [5.74, 6) is -4.60. The second-order valence-electron chi connectivity index (χ2n) is 13.3. The molecule has 0 aliphatic carbocycles. The molecule has 3 rings (SSSR count). The number of carbonyl (C=O) groups excluding carboxylic acids is 7. The maximum absolute atomic E-state index is 14.2. The summed E-state index contributed by atoms with van der Waals surface area (Å²) in [4.78, 5) is 94.8. The predicted molar refractivity (Wildman–Crippen MR) is 181 cm³/mol. The summed E-state index contributed by atoms with van der Waals surface area (Å²) >= 11 is 0.848. The van der Waals surface area contributed by atoms with Gasteiger partial charge in [-0.3, -0.25) is 24.0 Å². The molecule has 0 spiro atoms. The second kappa shape index (κ2) is 17.4. The highest BCUT2D eigenvalue weighted by atomic mass is 32.2. The van der Waals surface area contributed by atoms with E-state index in [1.165, 1.54) is 11.8 Å². The van der Waals surface area contributed by atoms with E-state index in [2.05, 4.69) is 26.6 Å². The number of rotatable bonds is 8. The zero-order valence-corrected chi connectivity index (χ0v) is 29.8. The minimum Gasteiger partial charge on any atom is -0.467 e. The smallest absolute Gasteiger partial charge is 0.408 e. The first-order valence-corrected chi connectivity index (χ1v) is 17.3. The fourth-order valence-corrected chi connectivity index (χ4v) is 6.40. The molecule has 2 fully saturated rings. The number of fused-ring (bicyclic) bond motifs is 1. The minimum atomic E-state index is -1.34. The molecule has 15 nitrogen and oxygen atoms in total. The number of carbonyl (C=O) groups is 7. The summed E-state index contributed by atoms with van der Waals surface area (Å²) in [5.41, 5.74) is -0.0887. The lowest BCUT2D eigenvalue weighted by Gasteiger charge is -2.31. The van der Waals surface area contributed by atoms with Crippen molar-refractivity contribution in [2.75, 3.05) is 19.4 Å². The number of benzene rings is 1. The van der Waals surface area contributed by atoms with Gasteiger partial charge in [0, 0.05) is 18.7 Å². The standard InChI is InChI=1S/C33H48N6O9S/c1-18(2)24-28(43)38-29(49-17-22(31(45)47-7)36-32(46)48-33(4,5)6)30(44)39-15-11-14-23(39)27(42)35-21(16-20-12-9-8-10-13-20)26(41)34-19(3)25(40)37-24/h8-10,12-13,18-19,21-24,29H,11,14-17H2,1-7H3,(H,34,41)(H,35,42)(H,36,46)(H,37,40)(H,38,43)/t19-,21+,22+,23+,24+,29-/m1/s1. The number of hydrogen-bond acceptors (Lipinski definition) is 10. The quantitative estimate of drug-likeness (QED) is 0.239. The number of nitrogens with one attached hydrogen (secondary N) is 5. The van der Waals surface area contributed by atoms with Crippen molar-refractivity contribution < 1.29 is 43.0 Å². The van der Waals surface area contributed by atoms with E-state index >= 15 is 0 Å². The molecule has 5 N–H and O–H groups in total. The third-order valence-corrected chi connectivity index (χ3v) is 9.04. The van der Waals surface area contributed by atoms with Crippen LogP contribution in [0.5, 0.6) is 0 Å². The fraction of sp³-hybridized carbons (Fsp3) is 0.606. The van der Waals surface area contributed by atoms with Crippen molar-refractivity contribution in [2.24, 2.45) is 5.92 Å². The van der Waals surface area contributed by atoms with E-state index in [-0.39, 0.29) is 18.7 Å². The van der Waals surface area contributed by atoms with Gasteiger partial charge in [0.1, 0.15) is 35.8 Å². The van der Waals surface area contributed by atoms with Crippen LogP contribution in [0.15, 0.2) is 30.3 Å². The van der Waals surface area contributed by atoms with Crippen LogP contribution in [0.2, 0.25) is 0 Å². The van der Waals surface area contributed by atoms with Crippen molar-refractivity contribution in [3.63, 3.8) is 0 Å². The average molecular weight is 705 g/mol. The number of alkyl carbamates (subject to hydrolysis) is 1. The van der Waals surface area contributed by atoms with Crippen molar-refractivity contribution in [1.82, 2.24) is 31.5 Å². The zero-order valence-electron chi connectivity index (χ0n) is 29.0. The second-order valence-corrected chi connectivity index (χ2v) is 14.5. The highest BCUT2D eigenvalue weighted by molar-refractivity contribution is 8.00. The zero-order chi connectivity index (χ0) is 36.5. The van der Waals surface area contributed by atoms with Gasteiger partial charge in [0.2, 0.25) is 23.6 Å². The van der Waals surface area contributed by atoms with Crippen LogP contribution in [-0.4, -0.2) is 107 Å². The number of methoxy groups -OCH3 is 1. The van der Waals surface area contributed by atoms with Gasteiger partial charge < -0.3 is 41.0 Å². The first-order valence-electron chi connectivity index (χ1n) is 16.3. The van der Waals surface area contributed by atoms with Crippen molar-refractivity contribution in [3.05, 3.63) is 35.9 Å². The van der Waals surface area contributed by atoms with E-state index in [1.54, 1.807) is 46.8 Å². The molecule has 6 atom stereocenters. The molecule has 0 unspecified atom stereocenters. The Balaban J connectivity index is 1.97. The van der Waals surface area contributed by atoms with Gasteiger partial charge in [0.25, 0.3) is 5.91 Å². The molecular formula is C33H48N6O9S. The third kappa shape index (κ3) is 11.4. The van der Waals surface area contributed by atoms with E-state index in [9.17, 15) is 33.6 Å². The molecule has 1 aromatic rings. The van der Waals surface area contributed by atoms with Gasteiger partial charge in [-0.15, -0.1) is 11.8 Å². The van der Waals surface area contributed by atoms with Crippen molar-refractivity contribution in [2.45, 2.75) is 102 Å². The SMILES string of the molecule is COC(=O)[C@H](CS[C@H]1NC(=O)[C@H](C(C)C)NC(=O)[C@@H](C)NC(=O)[C@H](Cc2ccccc2)NC(=O)[C@@H]2CCCN2C1=O)NC(=O)OC(C)(C)C. The van der Waals surface area contributed by atoms with Gasteiger partial charge >= 0.3 is 12.1 Å². The summed E-state index contributed by atoms with van der Waals surface area (Å²) in [7, 11) is 1.14. The molecule has 0 saturated carbocycles. The Morgan fingerprint density at radius 2 is 1.63 bits per heavy atom. The van der Waals surface area contributed by atoms with Crippen LogP contribution in [0.4, 0.5) is 4.79 Å². The topological polar surface area (TPSA) is 201 Å². The first kappa shape index (κ1) is 39.1. The fourth-order valence-electron chi connectivity index (χ4n) is 5.32. The molecular weight excluding hydrogens is 656 g/mol. The largest absolute Gasteiger partial charge is 0.467 e. The molecule has 16 heteroatoms. The van der Waals surface area contributed by atoms with Crippen molar-refractivity contribution in [3.8, 4) is 0 Å². The number of esters is 1. The lowest BCUT2D eigenvalue weighted by Crippen LogP contribution is -2.58. The molecule has 2 aliphatic heterocycles. The maximum Gasteiger partial charge on any atom is 0.408 e. The Kier molecular flexibility index (Phi) is 13.9. The molecule has 2 saturated heterocycles. The van der Waals surface area contributed by atoms with Crippen LogP contribution in [-0.2, 0) is 44.7 Å². The summed E-state index contributed by atoms with van der Waals surface area (Å²) < 4.78 is 10.1. The lowest BCUT2D eigenvalue weighted by molar-refractivity contribution is -0.142. The third-order valence-electron chi connectivity index (χ3n) is 7.86. The van der Waals surface area contributed by atoms with Gasteiger partial charge in [-0.1, -0.05) is 44.2 Å². The highest BCUT2D eigenvalue weighted by Crippen LogP contribution is 2.24. The summed E-state index contributed by atoms with van der Waals surface area (Å²) in [5, 5.41) is 11.9. The predicted octanol–water partition coefficient (Wildman–Crippen LogP) is 0.606. The summed E-state index contributed by atoms with van der Waals surface area (Å²) in [6.45, 7) is 10.0. The normalized spacial score (nSPS) is 24.7. The van der Waals surface area contributed by atoms with Crippen LogP contribution < -0.4 is 26.6 Å². The maximum atomic E-state index is 14.2. The van der Waals surface area contributed by atoms with Crippen LogP contribution in [0.1, 0.15) is 59.9 Å². The van der Waals surface area contributed by atoms with Gasteiger partial charge in [-0.25, -0.2) is 9.59 Å². The molecule has 6 amide bonds. The first-order chi connectivity index (χ1) is 23.0. The van der Waals surface area contributed by atoms with Gasteiger partial charge in [-0.05, 0) is 52.0 Å². The molecule has 0 aromatic heterocycles. The molecule has 270 valence electrons. The van der Waals surface area contributed by atoms with E-state index in [4.69, 9.17) is 9.47 Å². The number of nitrogens with zero attached hydrogens (tertiary/aromatic N) is 1. The molecule has 2 aliphatic rings. The average Bonchev–Trinajstić information content (AvgIpc) is 3.53. The lowest BCUT2D eigenvalue weighted by atomic mass is 10.0. The number of thioether (sulfide) groups is 1. The monoisotopic (exact) mass is 704 g/mol. The summed E-state index contributed by atoms with van der Waals surface area (Å²) in [6, 6.07) is 3.56. The Morgan fingerprint density at radius 1 is 0.959 bits per heavy atom. The van der Waals surface area contributed by atoms with E-state index in [1.807, 2.05) is 18.2 Å². The van der Waals surface area contributed by atoms with E-state index in [0.717, 1.165) is 24.4 Å². The molecule has 0 bridgehead atoms. The Labute approximate surface area is 290 Å². The van der Waals surface area contributed by atoms with E-state index in [0.29, 0.717) is 12.8 Å². The van der Waals surface area contributed by atoms with Crippen LogP contribution in [0.3, 0.4) is 0 Å². The molecule has 0 radical (unpaired) electrons. The Morgan fingerprint density at radius 3 is 2.24 bits per heavy atom. The Bertz CT molecular complexity index is 1390. The van der Waals surface area contributed by atoms with Gasteiger partial charge in [0.05, 0.1) is 7.11 Å². The van der Waals surface area contributed by atoms with Gasteiger partial charge in [0.15, 0.2) is 5.37 Å². The minimum absolute atomic E-state index is 0.125. The Hall–Kier alpha value is -4.34. The number of ether oxygens (including phenoxy) is 2. The van der Waals surface area contributed by atoms with Crippen LogP contribution in [0, 0.1) is 5.92 Å². The molecule has 49 heavy (non-hydrogen) atoms. The highest BCUT2D eigenvalue weighted by Gasteiger charge is 2.41. The van der Waals surface area contributed by atoms with Crippen molar-refractivity contribution >= 4 is 53.4 Å². The number of amides is 6. The van der Waals surface area contributed by atoms with Gasteiger partial charge in [-0.2, -0.15) is 0 Å². The van der Waals surface area contributed by atoms with Crippen molar-refractivity contribution in [1.29, 1.82) is 0 Å². The summed E-state index contributed by atoms with van der Waals surface area (Å²) in [6.07, 6.45) is 0.0259.